The molecule has 35 heavy (non-hydrogen) atoms. The first-order chi connectivity index (χ1) is 16.7. The van der Waals surface area contributed by atoms with E-state index in [9.17, 15) is 24.6 Å². The highest BCUT2D eigenvalue weighted by atomic mass is 16.4. The van der Waals surface area contributed by atoms with Gasteiger partial charge in [0.2, 0.25) is 12.2 Å². The molecule has 3 heterocycles. The van der Waals surface area contributed by atoms with Gasteiger partial charge in [-0.05, 0) is 59.4 Å². The Kier molecular flexibility index (Phi) is 4.56. The van der Waals surface area contributed by atoms with Crippen LogP contribution in [-0.2, 0) is 23.2 Å². The Morgan fingerprint density at radius 3 is 2.51 bits per heavy atom. The van der Waals surface area contributed by atoms with Gasteiger partial charge < -0.3 is 15.1 Å². The van der Waals surface area contributed by atoms with Gasteiger partial charge in [-0.3, -0.25) is 9.59 Å². The van der Waals surface area contributed by atoms with Crippen LogP contribution in [0, 0.1) is 5.92 Å². The molecule has 2 aromatic carbocycles. The van der Waals surface area contributed by atoms with Crippen molar-refractivity contribution >= 4 is 23.2 Å². The Bertz CT molecular complexity index is 1480. The second kappa shape index (κ2) is 7.44. The fourth-order valence-corrected chi connectivity index (χ4v) is 5.65. The maximum atomic E-state index is 13.0. The van der Waals surface area contributed by atoms with Gasteiger partial charge in [0.25, 0.3) is 6.33 Å². The molecule has 1 aromatic heterocycles. The molecule has 176 valence electrons. The second-order valence-electron chi connectivity index (χ2n) is 9.44. The molecule has 0 spiro atoms. The van der Waals surface area contributed by atoms with Gasteiger partial charge in [0.1, 0.15) is 5.70 Å². The number of carboxylic acids is 1. The molecule has 1 aliphatic carbocycles. The first-order valence-corrected chi connectivity index (χ1v) is 11.4. The van der Waals surface area contributed by atoms with E-state index in [2.05, 4.69) is 5.10 Å². The Morgan fingerprint density at radius 1 is 1.14 bits per heavy atom. The van der Waals surface area contributed by atoms with Crippen molar-refractivity contribution in [2.45, 2.75) is 32.0 Å². The Labute approximate surface area is 200 Å². The van der Waals surface area contributed by atoms with E-state index < -0.39 is 18.0 Å². The van der Waals surface area contributed by atoms with Crippen molar-refractivity contribution in [3.63, 3.8) is 0 Å². The van der Waals surface area contributed by atoms with Crippen LogP contribution in [0.2, 0.25) is 0 Å². The lowest BCUT2D eigenvalue weighted by molar-refractivity contribution is -0.689. The number of aromatic nitrogens is 3. The zero-order valence-corrected chi connectivity index (χ0v) is 19.2. The van der Waals surface area contributed by atoms with E-state index in [4.69, 9.17) is 0 Å². The topological polar surface area (TPSA) is 117 Å². The minimum atomic E-state index is -1.17. The second-order valence-corrected chi connectivity index (χ2v) is 9.44. The molecule has 0 saturated carbocycles. The third-order valence-electron chi connectivity index (χ3n) is 7.23. The highest BCUT2D eigenvalue weighted by molar-refractivity contribution is 6.22. The monoisotopic (exact) mass is 471 g/mol. The molecule has 0 bridgehead atoms. The Balaban J connectivity index is 1.41. The molecule has 9 nitrogen and oxygen atoms in total. The number of rotatable bonds is 5. The van der Waals surface area contributed by atoms with E-state index in [1.807, 2.05) is 42.2 Å². The smallest absolute Gasteiger partial charge is 0.352 e. The average molecular weight is 471 g/mol. The summed E-state index contributed by atoms with van der Waals surface area (Å²) >= 11 is 0. The van der Waals surface area contributed by atoms with Gasteiger partial charge in [-0.25, -0.2) is 9.36 Å². The molecule has 3 aromatic rings. The largest absolute Gasteiger partial charge is 0.477 e. The summed E-state index contributed by atoms with van der Waals surface area (Å²) in [6.45, 7) is 2.15. The molecule has 1 saturated heterocycles. The maximum absolute atomic E-state index is 13.0. The number of aryl methyl sites for hydroxylation is 1. The van der Waals surface area contributed by atoms with Crippen LogP contribution in [0.3, 0.4) is 0 Å². The highest BCUT2D eigenvalue weighted by Gasteiger charge is 2.56. The molecular weight excluding hydrogens is 448 g/mol. The van der Waals surface area contributed by atoms with E-state index in [1.54, 1.807) is 30.1 Å². The number of ketones is 1. The van der Waals surface area contributed by atoms with E-state index in [-0.39, 0.29) is 23.4 Å². The number of fused-ring (bicyclic) bond motifs is 4. The first-order valence-electron chi connectivity index (χ1n) is 11.4. The lowest BCUT2D eigenvalue weighted by Crippen LogP contribution is -2.61. The SMILES string of the molecule is C[C@@H](O)[C@H]1C(=O)N2C(C(=O)O)=C(c3ccc4c(c3)-c3cc(C[n+]5cnn(C)c5)ccc3C4=O)C[C@H]12. The molecule has 0 unspecified atom stereocenters. The fraction of sp³-hybridized carbons (Fsp3) is 0.269. The molecule has 9 heteroatoms. The zero-order chi connectivity index (χ0) is 24.6. The molecular formula is C26H23N4O5+. The van der Waals surface area contributed by atoms with Crippen molar-refractivity contribution in [2.75, 3.05) is 0 Å². The number of carbonyl (C=O) groups excluding carboxylic acids is 2. The number of carbonyl (C=O) groups is 3. The highest BCUT2D eigenvalue weighted by Crippen LogP contribution is 2.48. The van der Waals surface area contributed by atoms with Gasteiger partial charge in [0.15, 0.2) is 5.78 Å². The van der Waals surface area contributed by atoms with Crippen LogP contribution in [-0.4, -0.2) is 54.7 Å². The van der Waals surface area contributed by atoms with Gasteiger partial charge >= 0.3 is 5.97 Å². The predicted octanol–water partition coefficient (Wildman–Crippen LogP) is 1.37. The molecule has 3 atom stereocenters. The van der Waals surface area contributed by atoms with Crippen molar-refractivity contribution in [1.82, 2.24) is 14.7 Å². The van der Waals surface area contributed by atoms with E-state index in [0.717, 1.165) is 16.7 Å². The number of nitrogens with zero attached hydrogens (tertiary/aromatic N) is 4. The quantitative estimate of drug-likeness (QED) is 0.336. The summed E-state index contributed by atoms with van der Waals surface area (Å²) in [5.41, 5.74) is 4.94. The number of amides is 1. The molecule has 1 amide bonds. The summed E-state index contributed by atoms with van der Waals surface area (Å²) in [6.07, 6.45) is 3.10. The van der Waals surface area contributed by atoms with Crippen LogP contribution in [0.1, 0.15) is 40.4 Å². The molecule has 2 N–H and O–H groups in total. The van der Waals surface area contributed by atoms with Gasteiger partial charge in [-0.1, -0.05) is 18.2 Å². The summed E-state index contributed by atoms with van der Waals surface area (Å²) < 4.78 is 3.65. The third-order valence-corrected chi connectivity index (χ3v) is 7.23. The molecule has 2 aliphatic heterocycles. The summed E-state index contributed by atoms with van der Waals surface area (Å²) in [5, 5.41) is 24.1. The van der Waals surface area contributed by atoms with Gasteiger partial charge in [0, 0.05) is 16.2 Å². The van der Waals surface area contributed by atoms with E-state index in [1.165, 1.54) is 4.90 Å². The molecule has 6 rings (SSSR count). The molecule has 1 fully saturated rings. The standard InChI is InChI=1S/C26H22N4O5/c1-13(31)22-21-9-18(23(26(34)35)30(21)25(22)33)15-4-6-17-20(8-15)19-7-14(3-5-16(19)24(17)32)10-29-11-27-28(2)12-29/h3-8,11-13,21-22,31H,9-10H2,1-2H3/p+1/t13-,21-,22-/m1/s1. The lowest BCUT2D eigenvalue weighted by atomic mass is 9.82. The molecule has 3 aliphatic rings. The van der Waals surface area contributed by atoms with Crippen molar-refractivity contribution < 1.29 is 29.2 Å². The summed E-state index contributed by atoms with van der Waals surface area (Å²) in [6, 6.07) is 10.7. The Hall–Kier alpha value is -4.11. The van der Waals surface area contributed by atoms with Crippen LogP contribution in [0.25, 0.3) is 16.7 Å². The number of hydrogen-bond acceptors (Lipinski definition) is 5. The fourth-order valence-electron chi connectivity index (χ4n) is 5.65. The van der Waals surface area contributed by atoms with Crippen molar-refractivity contribution in [2.24, 2.45) is 13.0 Å². The van der Waals surface area contributed by atoms with Gasteiger partial charge in [-0.15, -0.1) is 4.68 Å². The summed E-state index contributed by atoms with van der Waals surface area (Å²) in [5.74, 6) is -2.20. The van der Waals surface area contributed by atoms with Crippen LogP contribution in [0.15, 0.2) is 54.7 Å². The number of β-lactam (4-membered cyclic amide) rings is 1. The van der Waals surface area contributed by atoms with Crippen LogP contribution >= 0.6 is 0 Å². The van der Waals surface area contributed by atoms with Crippen LogP contribution < -0.4 is 4.57 Å². The van der Waals surface area contributed by atoms with Gasteiger partial charge in [0.05, 0.1) is 31.7 Å². The number of hydrogen-bond donors (Lipinski definition) is 2. The van der Waals surface area contributed by atoms with Crippen molar-refractivity contribution in [3.8, 4) is 11.1 Å². The summed E-state index contributed by atoms with van der Waals surface area (Å²) in [7, 11) is 1.85. The normalized spacial score (nSPS) is 21.1. The first kappa shape index (κ1) is 21.4. The van der Waals surface area contributed by atoms with Crippen LogP contribution in [0.5, 0.6) is 0 Å². The zero-order valence-electron chi connectivity index (χ0n) is 19.2. The molecule has 0 radical (unpaired) electrons. The maximum Gasteiger partial charge on any atom is 0.352 e. The van der Waals surface area contributed by atoms with E-state index in [0.29, 0.717) is 35.2 Å². The van der Waals surface area contributed by atoms with Crippen molar-refractivity contribution in [1.29, 1.82) is 0 Å². The number of aliphatic carboxylic acids is 1. The predicted molar refractivity (Wildman–Crippen MR) is 123 cm³/mol. The van der Waals surface area contributed by atoms with Crippen LogP contribution in [0.4, 0.5) is 0 Å². The number of carboxylic acid groups (broad SMARTS) is 1. The number of aliphatic hydroxyl groups is 1. The number of aliphatic hydroxyl groups excluding tert-OH is 1. The minimum absolute atomic E-state index is 0.0388. The Morgan fingerprint density at radius 2 is 1.86 bits per heavy atom. The average Bonchev–Trinajstić information content (AvgIpc) is 3.46. The summed E-state index contributed by atoms with van der Waals surface area (Å²) in [4.78, 5) is 39.0. The lowest BCUT2D eigenvalue weighted by Gasteiger charge is -2.44. The third kappa shape index (κ3) is 3.08. The van der Waals surface area contributed by atoms with E-state index >= 15 is 0 Å². The minimum Gasteiger partial charge on any atom is -0.477 e. The number of benzene rings is 2. The van der Waals surface area contributed by atoms with Crippen molar-refractivity contribution in [3.05, 3.63) is 77.0 Å². The van der Waals surface area contributed by atoms with Gasteiger partial charge in [-0.2, -0.15) is 0 Å².